The van der Waals surface area contributed by atoms with Crippen LogP contribution >= 0.6 is 24.2 Å². The second-order valence-corrected chi connectivity index (χ2v) is 6.19. The van der Waals surface area contributed by atoms with Crippen LogP contribution in [0, 0.1) is 5.41 Å². The average molecular weight is 295 g/mol. The lowest BCUT2D eigenvalue weighted by Crippen LogP contribution is -2.47. The zero-order valence-corrected chi connectivity index (χ0v) is 13.2. The molecule has 108 valence electrons. The Morgan fingerprint density at radius 1 is 1.50 bits per heavy atom. The van der Waals surface area contributed by atoms with Crippen LogP contribution in [0.5, 0.6) is 0 Å². The van der Waals surface area contributed by atoms with E-state index in [1.165, 1.54) is 32.1 Å². The molecule has 1 aliphatic carbocycles. The predicted octanol–water partition coefficient (Wildman–Crippen LogP) is 2.58. The molecule has 3 nitrogen and oxygen atoms in total. The molecule has 0 aliphatic heterocycles. The van der Waals surface area contributed by atoms with Gasteiger partial charge in [0.2, 0.25) is 5.91 Å². The van der Waals surface area contributed by atoms with Gasteiger partial charge in [-0.15, -0.1) is 12.4 Å². The first kappa shape index (κ1) is 18.1. The first-order chi connectivity index (χ1) is 8.13. The molecule has 0 bridgehead atoms. The van der Waals surface area contributed by atoms with Gasteiger partial charge in [0, 0.05) is 6.54 Å². The van der Waals surface area contributed by atoms with Crippen LogP contribution in [-0.2, 0) is 4.79 Å². The van der Waals surface area contributed by atoms with Gasteiger partial charge < -0.3 is 11.1 Å². The summed E-state index contributed by atoms with van der Waals surface area (Å²) in [5.74, 6) is 0.982. The molecule has 1 aliphatic rings. The lowest BCUT2D eigenvalue weighted by molar-refractivity contribution is -0.123. The van der Waals surface area contributed by atoms with Crippen LogP contribution in [0.25, 0.3) is 0 Å². The van der Waals surface area contributed by atoms with Crippen molar-refractivity contribution in [2.24, 2.45) is 11.1 Å². The van der Waals surface area contributed by atoms with Gasteiger partial charge in [0.05, 0.1) is 6.04 Å². The standard InChI is InChI=1S/C13H26N2OS.ClH/c1-3-6-13(7-4-8-13)10-15-12(16)11(14)5-9-17-2;/h11H,3-10,14H2,1-2H3,(H,15,16);1H/t11-;/m0./s1. The van der Waals surface area contributed by atoms with Gasteiger partial charge in [-0.2, -0.15) is 11.8 Å². The number of hydrogen-bond donors (Lipinski definition) is 2. The Kier molecular flexibility index (Phi) is 9.09. The molecule has 5 heteroatoms. The third kappa shape index (κ3) is 5.37. The van der Waals surface area contributed by atoms with E-state index >= 15 is 0 Å². The fourth-order valence-corrected chi connectivity index (χ4v) is 2.99. The second-order valence-electron chi connectivity index (χ2n) is 5.21. The highest BCUT2D eigenvalue weighted by Crippen LogP contribution is 2.44. The van der Waals surface area contributed by atoms with Crippen molar-refractivity contribution < 1.29 is 4.79 Å². The van der Waals surface area contributed by atoms with Crippen molar-refractivity contribution in [3.05, 3.63) is 0 Å². The number of hydrogen-bond acceptors (Lipinski definition) is 3. The Balaban J connectivity index is 0.00000289. The van der Waals surface area contributed by atoms with Crippen LogP contribution in [0.2, 0.25) is 0 Å². The Bertz CT molecular complexity index is 247. The van der Waals surface area contributed by atoms with Crippen molar-refractivity contribution in [1.82, 2.24) is 5.32 Å². The van der Waals surface area contributed by atoms with Crippen molar-refractivity contribution >= 4 is 30.1 Å². The van der Waals surface area contributed by atoms with Gasteiger partial charge in [0.1, 0.15) is 0 Å². The minimum absolute atomic E-state index is 0. The molecule has 1 saturated carbocycles. The molecule has 18 heavy (non-hydrogen) atoms. The van der Waals surface area contributed by atoms with Crippen LogP contribution in [-0.4, -0.2) is 30.5 Å². The van der Waals surface area contributed by atoms with Crippen molar-refractivity contribution in [1.29, 1.82) is 0 Å². The number of amides is 1. The van der Waals surface area contributed by atoms with Crippen LogP contribution in [0.1, 0.15) is 45.4 Å². The summed E-state index contributed by atoms with van der Waals surface area (Å²) < 4.78 is 0. The number of nitrogens with one attached hydrogen (secondary N) is 1. The molecule has 0 heterocycles. The van der Waals surface area contributed by atoms with Gasteiger partial charge in [-0.1, -0.05) is 19.8 Å². The molecular weight excluding hydrogens is 268 g/mol. The van der Waals surface area contributed by atoms with E-state index in [4.69, 9.17) is 5.73 Å². The number of rotatable bonds is 8. The zero-order valence-electron chi connectivity index (χ0n) is 11.5. The first-order valence-electron chi connectivity index (χ1n) is 6.66. The van der Waals surface area contributed by atoms with E-state index in [0.29, 0.717) is 5.41 Å². The normalized spacial score (nSPS) is 18.4. The van der Waals surface area contributed by atoms with Gasteiger partial charge >= 0.3 is 0 Å². The van der Waals surface area contributed by atoms with E-state index in [1.54, 1.807) is 11.8 Å². The van der Waals surface area contributed by atoms with Crippen molar-refractivity contribution in [2.45, 2.75) is 51.5 Å². The molecule has 1 atom stereocenters. The Morgan fingerprint density at radius 3 is 2.61 bits per heavy atom. The fourth-order valence-electron chi connectivity index (χ4n) is 2.50. The monoisotopic (exact) mass is 294 g/mol. The van der Waals surface area contributed by atoms with Crippen molar-refractivity contribution in [3.8, 4) is 0 Å². The van der Waals surface area contributed by atoms with E-state index in [9.17, 15) is 4.79 Å². The summed E-state index contributed by atoms with van der Waals surface area (Å²) in [5.41, 5.74) is 6.23. The molecule has 0 unspecified atom stereocenters. The molecular formula is C13H27ClN2OS. The quantitative estimate of drug-likeness (QED) is 0.723. The predicted molar refractivity (Wildman–Crippen MR) is 82.4 cm³/mol. The highest BCUT2D eigenvalue weighted by molar-refractivity contribution is 7.98. The third-order valence-electron chi connectivity index (χ3n) is 3.80. The molecule has 1 rings (SSSR count). The lowest BCUT2D eigenvalue weighted by atomic mass is 9.66. The summed E-state index contributed by atoms with van der Waals surface area (Å²) in [6, 6.07) is -0.332. The number of carbonyl (C=O) groups is 1. The van der Waals surface area contributed by atoms with Crippen LogP contribution in [0.4, 0.5) is 0 Å². The molecule has 0 saturated heterocycles. The van der Waals surface area contributed by atoms with Crippen molar-refractivity contribution in [2.75, 3.05) is 18.6 Å². The molecule has 0 aromatic carbocycles. The highest BCUT2D eigenvalue weighted by atomic mass is 35.5. The minimum Gasteiger partial charge on any atom is -0.354 e. The maximum absolute atomic E-state index is 11.8. The third-order valence-corrected chi connectivity index (χ3v) is 4.45. The maximum atomic E-state index is 11.8. The number of halogens is 1. The van der Waals surface area contributed by atoms with E-state index < -0.39 is 0 Å². The molecule has 3 N–H and O–H groups in total. The summed E-state index contributed by atoms with van der Waals surface area (Å²) in [7, 11) is 0. The molecule has 0 aromatic heterocycles. The van der Waals surface area contributed by atoms with Crippen LogP contribution in [0.3, 0.4) is 0 Å². The number of thioether (sulfide) groups is 1. The number of nitrogens with two attached hydrogens (primary N) is 1. The number of carbonyl (C=O) groups excluding carboxylic acids is 1. The first-order valence-corrected chi connectivity index (χ1v) is 8.05. The SMILES string of the molecule is CCCC1(CNC(=O)[C@@H](N)CCSC)CCC1.Cl. The average Bonchev–Trinajstić information content (AvgIpc) is 2.28. The highest BCUT2D eigenvalue weighted by Gasteiger charge is 2.36. The largest absolute Gasteiger partial charge is 0.354 e. The van der Waals surface area contributed by atoms with Crippen molar-refractivity contribution in [3.63, 3.8) is 0 Å². The van der Waals surface area contributed by atoms with Gasteiger partial charge in [0.25, 0.3) is 0 Å². The molecule has 1 amide bonds. The lowest BCUT2D eigenvalue weighted by Gasteiger charge is -2.42. The molecule has 0 radical (unpaired) electrons. The summed E-state index contributed by atoms with van der Waals surface area (Å²) in [6.45, 7) is 3.04. The summed E-state index contributed by atoms with van der Waals surface area (Å²) in [6.07, 6.45) is 9.08. The van der Waals surface area contributed by atoms with E-state index in [2.05, 4.69) is 12.2 Å². The topological polar surface area (TPSA) is 55.1 Å². The Labute approximate surface area is 121 Å². The summed E-state index contributed by atoms with van der Waals surface area (Å²) >= 11 is 1.73. The maximum Gasteiger partial charge on any atom is 0.236 e. The smallest absolute Gasteiger partial charge is 0.236 e. The Hall–Kier alpha value is 0.0700. The summed E-state index contributed by atoms with van der Waals surface area (Å²) in [5, 5.41) is 3.05. The van der Waals surface area contributed by atoms with Gasteiger partial charge in [0.15, 0.2) is 0 Å². The molecule has 0 spiro atoms. The van der Waals surface area contributed by atoms with Gasteiger partial charge in [-0.3, -0.25) is 4.79 Å². The van der Waals surface area contributed by atoms with Crippen LogP contribution in [0.15, 0.2) is 0 Å². The van der Waals surface area contributed by atoms with E-state index in [0.717, 1.165) is 18.7 Å². The van der Waals surface area contributed by atoms with Crippen LogP contribution < -0.4 is 11.1 Å². The zero-order chi connectivity index (χ0) is 12.7. The molecule has 0 aromatic rings. The Morgan fingerprint density at radius 2 is 2.17 bits per heavy atom. The fraction of sp³-hybridized carbons (Fsp3) is 0.923. The molecule has 1 fully saturated rings. The van der Waals surface area contributed by atoms with Gasteiger partial charge in [-0.25, -0.2) is 0 Å². The van der Waals surface area contributed by atoms with E-state index in [1.807, 2.05) is 6.26 Å². The van der Waals surface area contributed by atoms with E-state index in [-0.39, 0.29) is 24.4 Å². The summed E-state index contributed by atoms with van der Waals surface area (Å²) in [4.78, 5) is 11.8. The minimum atomic E-state index is -0.332. The second kappa shape index (κ2) is 9.05. The van der Waals surface area contributed by atoms with Gasteiger partial charge in [-0.05, 0) is 43.1 Å².